The topological polar surface area (TPSA) is 72.2 Å². The van der Waals surface area contributed by atoms with Gasteiger partial charge in [-0.2, -0.15) is 5.10 Å². The number of aryl methyl sites for hydroxylation is 1. The first-order valence-electron chi connectivity index (χ1n) is 9.88. The van der Waals surface area contributed by atoms with Crippen LogP contribution in [-0.4, -0.2) is 32.6 Å². The summed E-state index contributed by atoms with van der Waals surface area (Å²) in [6.07, 6.45) is 1.62. The summed E-state index contributed by atoms with van der Waals surface area (Å²) in [4.78, 5) is 12.3. The molecule has 3 aromatic carbocycles. The maximum absolute atomic E-state index is 12.3. The number of aromatic nitrogens is 3. The van der Waals surface area contributed by atoms with Crippen LogP contribution in [0.5, 0.6) is 0 Å². The predicted octanol–water partition coefficient (Wildman–Crippen LogP) is 5.25. The number of thioether (sulfide) groups is 1. The van der Waals surface area contributed by atoms with Crippen LogP contribution in [0, 0.1) is 6.92 Å². The van der Waals surface area contributed by atoms with Gasteiger partial charge in [0.15, 0.2) is 11.0 Å². The summed E-state index contributed by atoms with van der Waals surface area (Å²) in [5.74, 6) is 0.660. The maximum atomic E-state index is 12.3. The number of benzene rings is 3. The number of halogens is 1. The maximum Gasteiger partial charge on any atom is 0.250 e. The molecule has 160 valence electrons. The Bertz CT molecular complexity index is 1220. The van der Waals surface area contributed by atoms with Gasteiger partial charge in [0.25, 0.3) is 5.91 Å². The molecule has 32 heavy (non-hydrogen) atoms. The van der Waals surface area contributed by atoms with Gasteiger partial charge in [-0.1, -0.05) is 87.9 Å². The Morgan fingerprint density at radius 3 is 2.47 bits per heavy atom. The Morgan fingerprint density at radius 1 is 1.03 bits per heavy atom. The van der Waals surface area contributed by atoms with E-state index in [0.29, 0.717) is 11.0 Å². The molecule has 0 atom stereocenters. The number of nitrogens with zero attached hydrogens (tertiary/aromatic N) is 4. The number of carbonyl (C=O) groups is 1. The smallest absolute Gasteiger partial charge is 0.250 e. The molecule has 1 aromatic heterocycles. The average molecular weight is 506 g/mol. The summed E-state index contributed by atoms with van der Waals surface area (Å²) in [7, 11) is 0. The second kappa shape index (κ2) is 10.4. The number of nitrogens with one attached hydrogen (secondary N) is 1. The van der Waals surface area contributed by atoms with Gasteiger partial charge in [-0.05, 0) is 36.8 Å². The third-order valence-corrected chi connectivity index (χ3v) is 6.02. The third-order valence-electron chi connectivity index (χ3n) is 4.56. The lowest BCUT2D eigenvalue weighted by Crippen LogP contribution is -2.20. The van der Waals surface area contributed by atoms with Gasteiger partial charge in [0.2, 0.25) is 0 Å². The van der Waals surface area contributed by atoms with Gasteiger partial charge in [-0.25, -0.2) is 5.43 Å². The second-order valence-corrected chi connectivity index (χ2v) is 8.83. The van der Waals surface area contributed by atoms with Crippen LogP contribution in [0.3, 0.4) is 0 Å². The van der Waals surface area contributed by atoms with E-state index in [4.69, 9.17) is 0 Å². The van der Waals surface area contributed by atoms with E-state index in [1.165, 1.54) is 17.3 Å². The zero-order valence-corrected chi connectivity index (χ0v) is 19.7. The van der Waals surface area contributed by atoms with Gasteiger partial charge in [-0.3, -0.25) is 9.36 Å². The first kappa shape index (κ1) is 22.0. The molecule has 0 saturated heterocycles. The lowest BCUT2D eigenvalue weighted by atomic mass is 10.2. The van der Waals surface area contributed by atoms with E-state index in [0.717, 1.165) is 21.3 Å². The highest BCUT2D eigenvalue weighted by Crippen LogP contribution is 2.28. The van der Waals surface area contributed by atoms with Crippen molar-refractivity contribution in [3.05, 3.63) is 94.5 Å². The van der Waals surface area contributed by atoms with Crippen LogP contribution in [0.1, 0.15) is 11.1 Å². The molecule has 0 radical (unpaired) electrons. The number of rotatable bonds is 7. The minimum absolute atomic E-state index is 0.161. The number of amides is 1. The normalized spacial score (nSPS) is 11.1. The number of hydrogen-bond acceptors (Lipinski definition) is 5. The molecule has 0 saturated carbocycles. The van der Waals surface area contributed by atoms with Crippen molar-refractivity contribution in [1.29, 1.82) is 0 Å². The van der Waals surface area contributed by atoms with Crippen molar-refractivity contribution in [1.82, 2.24) is 20.2 Å². The summed E-state index contributed by atoms with van der Waals surface area (Å²) < 4.78 is 2.94. The van der Waals surface area contributed by atoms with Crippen LogP contribution in [0.2, 0.25) is 0 Å². The van der Waals surface area contributed by atoms with Crippen LogP contribution in [0.15, 0.2) is 93.6 Å². The molecule has 1 amide bonds. The molecule has 0 fully saturated rings. The minimum atomic E-state index is -0.218. The molecule has 0 aliphatic rings. The van der Waals surface area contributed by atoms with Gasteiger partial charge in [0.1, 0.15) is 0 Å². The predicted molar refractivity (Wildman–Crippen MR) is 132 cm³/mol. The summed E-state index contributed by atoms with van der Waals surface area (Å²) in [5, 5.41) is 13.4. The van der Waals surface area contributed by atoms with Gasteiger partial charge in [0.05, 0.1) is 12.0 Å². The quantitative estimate of drug-likeness (QED) is 0.211. The van der Waals surface area contributed by atoms with E-state index in [-0.39, 0.29) is 11.7 Å². The molecule has 0 aliphatic heterocycles. The molecule has 1 N–H and O–H groups in total. The Kier molecular flexibility index (Phi) is 7.14. The SMILES string of the molecule is Cc1ccc(C=NNC(=O)CSc2nnc(-c3ccccc3)n2-c2ccc(Br)cc2)cc1. The first-order valence-corrected chi connectivity index (χ1v) is 11.7. The minimum Gasteiger partial charge on any atom is -0.272 e. The molecule has 0 aliphatic carbocycles. The second-order valence-electron chi connectivity index (χ2n) is 6.98. The third kappa shape index (κ3) is 5.52. The van der Waals surface area contributed by atoms with Crippen molar-refractivity contribution in [3.63, 3.8) is 0 Å². The van der Waals surface area contributed by atoms with Crippen LogP contribution in [-0.2, 0) is 4.79 Å². The van der Waals surface area contributed by atoms with Gasteiger partial charge in [0, 0.05) is 15.7 Å². The highest BCUT2D eigenvalue weighted by Gasteiger charge is 2.17. The van der Waals surface area contributed by atoms with E-state index in [9.17, 15) is 4.79 Å². The fraction of sp³-hybridized carbons (Fsp3) is 0.0833. The lowest BCUT2D eigenvalue weighted by molar-refractivity contribution is -0.118. The molecule has 1 heterocycles. The molecule has 4 rings (SSSR count). The zero-order valence-electron chi connectivity index (χ0n) is 17.3. The van der Waals surface area contributed by atoms with Crippen molar-refractivity contribution in [2.24, 2.45) is 5.10 Å². The molecule has 0 spiro atoms. The molecular weight excluding hydrogens is 486 g/mol. The zero-order chi connectivity index (χ0) is 22.3. The summed E-state index contributed by atoms with van der Waals surface area (Å²) in [6, 6.07) is 25.6. The Balaban J connectivity index is 1.49. The standard InChI is InChI=1S/C24H20BrN5OS/c1-17-7-9-18(10-8-17)15-26-27-22(31)16-32-24-29-28-23(19-5-3-2-4-6-19)30(24)21-13-11-20(25)12-14-21/h2-15H,16H2,1H3,(H,27,31). The van der Waals surface area contributed by atoms with E-state index in [2.05, 4.69) is 36.7 Å². The summed E-state index contributed by atoms with van der Waals surface area (Å²) in [6.45, 7) is 2.02. The van der Waals surface area contributed by atoms with E-state index < -0.39 is 0 Å². The lowest BCUT2D eigenvalue weighted by Gasteiger charge is -2.10. The number of hydrazone groups is 1. The summed E-state index contributed by atoms with van der Waals surface area (Å²) >= 11 is 4.78. The molecule has 0 unspecified atom stereocenters. The monoisotopic (exact) mass is 505 g/mol. The molecule has 0 bridgehead atoms. The van der Waals surface area contributed by atoms with Gasteiger partial charge >= 0.3 is 0 Å². The molecule has 8 heteroatoms. The van der Waals surface area contributed by atoms with Crippen molar-refractivity contribution in [2.75, 3.05) is 5.75 Å². The number of hydrogen-bond donors (Lipinski definition) is 1. The van der Waals surface area contributed by atoms with Gasteiger partial charge in [-0.15, -0.1) is 10.2 Å². The van der Waals surface area contributed by atoms with Crippen LogP contribution >= 0.6 is 27.7 Å². The molecule has 4 aromatic rings. The fourth-order valence-electron chi connectivity index (χ4n) is 2.95. The Labute approximate surface area is 198 Å². The highest BCUT2D eigenvalue weighted by molar-refractivity contribution is 9.10. The van der Waals surface area contributed by atoms with Crippen molar-refractivity contribution >= 4 is 39.8 Å². The van der Waals surface area contributed by atoms with Crippen LogP contribution in [0.25, 0.3) is 17.1 Å². The van der Waals surface area contributed by atoms with E-state index in [1.54, 1.807) is 6.21 Å². The van der Waals surface area contributed by atoms with Crippen LogP contribution in [0.4, 0.5) is 0 Å². The van der Waals surface area contributed by atoms with E-state index in [1.807, 2.05) is 90.4 Å². The summed E-state index contributed by atoms with van der Waals surface area (Å²) in [5.41, 5.74) is 6.52. The first-order chi connectivity index (χ1) is 15.6. The average Bonchev–Trinajstić information content (AvgIpc) is 3.24. The van der Waals surface area contributed by atoms with Gasteiger partial charge < -0.3 is 0 Å². The largest absolute Gasteiger partial charge is 0.272 e. The van der Waals surface area contributed by atoms with Crippen LogP contribution < -0.4 is 5.43 Å². The highest BCUT2D eigenvalue weighted by atomic mass is 79.9. The number of carbonyl (C=O) groups excluding carboxylic acids is 1. The Morgan fingerprint density at radius 2 is 1.75 bits per heavy atom. The molecule has 6 nitrogen and oxygen atoms in total. The van der Waals surface area contributed by atoms with Crippen molar-refractivity contribution in [3.8, 4) is 17.1 Å². The molecular formula is C24H20BrN5OS. The van der Waals surface area contributed by atoms with Crippen molar-refractivity contribution in [2.45, 2.75) is 12.1 Å². The Hall–Kier alpha value is -3.23. The van der Waals surface area contributed by atoms with Crippen molar-refractivity contribution < 1.29 is 4.79 Å². The fourth-order valence-corrected chi connectivity index (χ4v) is 3.96. The van der Waals surface area contributed by atoms with E-state index >= 15 is 0 Å².